The van der Waals surface area contributed by atoms with E-state index in [1.807, 2.05) is 4.68 Å². The Morgan fingerprint density at radius 1 is 1.28 bits per heavy atom. The first-order chi connectivity index (χ1) is 8.52. The number of nitrogens with one attached hydrogen (secondary N) is 1. The van der Waals surface area contributed by atoms with Crippen molar-refractivity contribution in [1.82, 2.24) is 15.1 Å². The number of aryl methyl sites for hydroxylation is 3. The molecule has 3 heteroatoms. The molecule has 0 amide bonds. The van der Waals surface area contributed by atoms with Gasteiger partial charge in [0, 0.05) is 12.7 Å². The molecule has 0 aromatic carbocycles. The quantitative estimate of drug-likeness (QED) is 0.770. The number of rotatable bonds is 8. The third-order valence-corrected chi connectivity index (χ3v) is 3.33. The monoisotopic (exact) mass is 251 g/mol. The summed E-state index contributed by atoms with van der Waals surface area (Å²) in [5.74, 6) is 1.46. The first kappa shape index (κ1) is 15.2. The van der Waals surface area contributed by atoms with Gasteiger partial charge in [0.05, 0.1) is 5.69 Å². The fourth-order valence-corrected chi connectivity index (χ4v) is 2.09. The largest absolute Gasteiger partial charge is 0.316 e. The van der Waals surface area contributed by atoms with Crippen LogP contribution in [0.5, 0.6) is 0 Å². The Kier molecular flexibility index (Phi) is 6.41. The predicted octanol–water partition coefficient (Wildman–Crippen LogP) is 2.80. The standard InChI is InChI=1S/C15H29N3/c1-6-14-9-15(18(5)17-14)8-7-13(4)11-16-10-12(2)3/h9,12-13,16H,6-8,10-11H2,1-5H3. The molecule has 1 aromatic heterocycles. The first-order valence-electron chi connectivity index (χ1n) is 7.25. The van der Waals surface area contributed by atoms with Crippen LogP contribution >= 0.6 is 0 Å². The van der Waals surface area contributed by atoms with E-state index in [1.165, 1.54) is 17.8 Å². The van der Waals surface area contributed by atoms with E-state index in [-0.39, 0.29) is 0 Å². The van der Waals surface area contributed by atoms with Gasteiger partial charge in [-0.1, -0.05) is 27.7 Å². The molecule has 0 aliphatic heterocycles. The van der Waals surface area contributed by atoms with Crippen molar-refractivity contribution in [2.24, 2.45) is 18.9 Å². The highest BCUT2D eigenvalue weighted by atomic mass is 15.3. The molecule has 1 N–H and O–H groups in total. The van der Waals surface area contributed by atoms with E-state index < -0.39 is 0 Å². The van der Waals surface area contributed by atoms with Gasteiger partial charge in [-0.15, -0.1) is 0 Å². The summed E-state index contributed by atoms with van der Waals surface area (Å²) >= 11 is 0. The second-order valence-corrected chi connectivity index (χ2v) is 5.80. The highest BCUT2D eigenvalue weighted by molar-refractivity contribution is 5.10. The number of hydrogen-bond donors (Lipinski definition) is 1. The lowest BCUT2D eigenvalue weighted by Gasteiger charge is -2.13. The first-order valence-corrected chi connectivity index (χ1v) is 7.25. The van der Waals surface area contributed by atoms with Crippen molar-refractivity contribution in [3.63, 3.8) is 0 Å². The van der Waals surface area contributed by atoms with Gasteiger partial charge in [-0.2, -0.15) is 5.10 Å². The highest BCUT2D eigenvalue weighted by Gasteiger charge is 2.07. The van der Waals surface area contributed by atoms with Crippen LogP contribution in [0.1, 0.15) is 45.5 Å². The molecule has 0 fully saturated rings. The maximum absolute atomic E-state index is 4.49. The van der Waals surface area contributed by atoms with E-state index in [2.05, 4.69) is 51.2 Å². The molecule has 3 nitrogen and oxygen atoms in total. The number of aromatic nitrogens is 2. The zero-order valence-electron chi connectivity index (χ0n) is 12.7. The summed E-state index contributed by atoms with van der Waals surface area (Å²) in [5.41, 5.74) is 2.57. The summed E-state index contributed by atoms with van der Waals surface area (Å²) in [7, 11) is 2.05. The fraction of sp³-hybridized carbons (Fsp3) is 0.800. The van der Waals surface area contributed by atoms with Crippen LogP contribution in [0.3, 0.4) is 0 Å². The molecule has 0 radical (unpaired) electrons. The van der Waals surface area contributed by atoms with Gasteiger partial charge in [0.25, 0.3) is 0 Å². The Bertz CT molecular complexity index is 342. The summed E-state index contributed by atoms with van der Waals surface area (Å²) in [6.07, 6.45) is 3.39. The van der Waals surface area contributed by atoms with E-state index in [0.717, 1.165) is 37.8 Å². The van der Waals surface area contributed by atoms with Crippen LogP contribution < -0.4 is 5.32 Å². The molecule has 0 aliphatic rings. The van der Waals surface area contributed by atoms with Gasteiger partial charge in [-0.25, -0.2) is 0 Å². The van der Waals surface area contributed by atoms with Gasteiger partial charge < -0.3 is 5.32 Å². The third-order valence-electron chi connectivity index (χ3n) is 3.33. The zero-order chi connectivity index (χ0) is 13.5. The van der Waals surface area contributed by atoms with Crippen molar-refractivity contribution in [1.29, 1.82) is 0 Å². The van der Waals surface area contributed by atoms with Crippen LogP contribution in [0.25, 0.3) is 0 Å². The van der Waals surface area contributed by atoms with Crippen molar-refractivity contribution >= 4 is 0 Å². The Balaban J connectivity index is 2.28. The minimum absolute atomic E-state index is 0.726. The molecule has 0 aliphatic carbocycles. The molecule has 1 unspecified atom stereocenters. The summed E-state index contributed by atoms with van der Waals surface area (Å²) < 4.78 is 2.03. The summed E-state index contributed by atoms with van der Waals surface area (Å²) in [5, 5.41) is 8.02. The molecule has 1 rings (SSSR count). The minimum Gasteiger partial charge on any atom is -0.316 e. The third kappa shape index (κ3) is 5.21. The van der Waals surface area contributed by atoms with Gasteiger partial charge in [0.2, 0.25) is 0 Å². The molecule has 0 spiro atoms. The Hall–Kier alpha value is -0.830. The molecule has 0 saturated heterocycles. The molecule has 1 aromatic rings. The zero-order valence-corrected chi connectivity index (χ0v) is 12.7. The summed E-state index contributed by atoms with van der Waals surface area (Å²) in [4.78, 5) is 0. The fourth-order valence-electron chi connectivity index (χ4n) is 2.09. The molecule has 0 saturated carbocycles. The molecule has 0 bridgehead atoms. The minimum atomic E-state index is 0.726. The number of hydrogen-bond acceptors (Lipinski definition) is 2. The lowest BCUT2D eigenvalue weighted by atomic mass is 10.0. The molecule has 1 atom stereocenters. The summed E-state index contributed by atoms with van der Waals surface area (Å²) in [6, 6.07) is 2.24. The molecule has 1 heterocycles. The van der Waals surface area contributed by atoms with Gasteiger partial charge >= 0.3 is 0 Å². The van der Waals surface area contributed by atoms with Crippen molar-refractivity contribution in [3.05, 3.63) is 17.5 Å². The number of nitrogens with zero attached hydrogens (tertiary/aromatic N) is 2. The Morgan fingerprint density at radius 3 is 2.56 bits per heavy atom. The Labute approximate surface area is 112 Å². The molecule has 18 heavy (non-hydrogen) atoms. The second kappa shape index (κ2) is 7.57. The van der Waals surface area contributed by atoms with Gasteiger partial charge in [0.15, 0.2) is 0 Å². The smallest absolute Gasteiger partial charge is 0.0624 e. The average molecular weight is 251 g/mol. The van der Waals surface area contributed by atoms with E-state index in [4.69, 9.17) is 0 Å². The van der Waals surface area contributed by atoms with Gasteiger partial charge in [-0.3, -0.25) is 4.68 Å². The maximum Gasteiger partial charge on any atom is 0.0624 e. The molecule has 104 valence electrons. The van der Waals surface area contributed by atoms with Crippen LogP contribution in [-0.2, 0) is 19.9 Å². The lowest BCUT2D eigenvalue weighted by Crippen LogP contribution is -2.25. The highest BCUT2D eigenvalue weighted by Crippen LogP contribution is 2.10. The van der Waals surface area contributed by atoms with E-state index in [1.54, 1.807) is 0 Å². The Morgan fingerprint density at radius 2 is 2.00 bits per heavy atom. The SMILES string of the molecule is CCc1cc(CCC(C)CNCC(C)C)n(C)n1. The van der Waals surface area contributed by atoms with E-state index in [0.29, 0.717) is 0 Å². The van der Waals surface area contributed by atoms with Crippen LogP contribution in [0, 0.1) is 11.8 Å². The average Bonchev–Trinajstić information content (AvgIpc) is 2.67. The van der Waals surface area contributed by atoms with Crippen molar-refractivity contribution in [2.75, 3.05) is 13.1 Å². The van der Waals surface area contributed by atoms with Crippen molar-refractivity contribution < 1.29 is 0 Å². The topological polar surface area (TPSA) is 29.9 Å². The lowest BCUT2D eigenvalue weighted by molar-refractivity contribution is 0.449. The van der Waals surface area contributed by atoms with E-state index >= 15 is 0 Å². The summed E-state index contributed by atoms with van der Waals surface area (Å²) in [6.45, 7) is 11.2. The van der Waals surface area contributed by atoms with Crippen LogP contribution in [0.15, 0.2) is 6.07 Å². The van der Waals surface area contributed by atoms with Gasteiger partial charge in [0.1, 0.15) is 0 Å². The van der Waals surface area contributed by atoms with Crippen LogP contribution in [0.4, 0.5) is 0 Å². The molecular weight excluding hydrogens is 222 g/mol. The van der Waals surface area contributed by atoms with E-state index in [9.17, 15) is 0 Å². The predicted molar refractivity (Wildman–Crippen MR) is 77.8 cm³/mol. The van der Waals surface area contributed by atoms with Crippen LogP contribution in [-0.4, -0.2) is 22.9 Å². The normalized spacial score (nSPS) is 13.2. The van der Waals surface area contributed by atoms with Crippen molar-refractivity contribution in [3.8, 4) is 0 Å². The van der Waals surface area contributed by atoms with Gasteiger partial charge in [-0.05, 0) is 50.3 Å². The van der Waals surface area contributed by atoms with Crippen LogP contribution in [0.2, 0.25) is 0 Å². The second-order valence-electron chi connectivity index (χ2n) is 5.80. The molecular formula is C15H29N3. The van der Waals surface area contributed by atoms with Crippen molar-refractivity contribution in [2.45, 2.75) is 47.0 Å². The maximum atomic E-state index is 4.49.